The zero-order chi connectivity index (χ0) is 20.0. The first kappa shape index (κ1) is 18.3. The van der Waals surface area contributed by atoms with Gasteiger partial charge in [-0.25, -0.2) is 0 Å². The number of hydrogen-bond donors (Lipinski definition) is 0. The maximum atomic E-state index is 13.7. The third kappa shape index (κ3) is 2.08. The highest BCUT2D eigenvalue weighted by atomic mass is 79.9. The van der Waals surface area contributed by atoms with Gasteiger partial charge in [-0.2, -0.15) is 0 Å². The molecule has 148 valence electrons. The fraction of sp³-hybridized carbons (Fsp3) is 0.391. The molecule has 5 aliphatic rings. The van der Waals surface area contributed by atoms with E-state index in [1.165, 1.54) is 4.90 Å². The Labute approximate surface area is 185 Å². The normalized spacial score (nSPS) is 36.9. The molecule has 0 saturated carbocycles. The first-order valence-electron chi connectivity index (χ1n) is 10.0. The molecule has 2 aromatic carbocycles. The molecule has 2 bridgehead atoms. The Kier molecular flexibility index (Phi) is 3.80. The van der Waals surface area contributed by atoms with Crippen LogP contribution in [-0.4, -0.2) is 36.0 Å². The molecule has 2 saturated heterocycles. The zero-order valence-electron chi connectivity index (χ0n) is 15.6. The van der Waals surface area contributed by atoms with Crippen LogP contribution in [0.25, 0.3) is 0 Å². The Bertz CT molecular complexity index is 940. The highest BCUT2D eigenvalue weighted by Crippen LogP contribution is 2.70. The van der Waals surface area contributed by atoms with Gasteiger partial charge in [0.05, 0.1) is 33.1 Å². The van der Waals surface area contributed by atoms with Crippen molar-refractivity contribution in [2.24, 2.45) is 11.8 Å². The molecule has 6 heteroatoms. The second-order valence-corrected chi connectivity index (χ2v) is 10.9. The molecule has 7 rings (SSSR count). The summed E-state index contributed by atoms with van der Waals surface area (Å²) in [7, 11) is 0. The fourth-order valence-corrected chi connectivity index (χ4v) is 8.20. The molecule has 0 radical (unpaired) electrons. The van der Waals surface area contributed by atoms with Crippen LogP contribution in [0.3, 0.4) is 0 Å². The minimum Gasteiger partial charge on any atom is -0.376 e. The van der Waals surface area contributed by atoms with Crippen molar-refractivity contribution >= 4 is 43.7 Å². The quantitative estimate of drug-likeness (QED) is 0.446. The summed E-state index contributed by atoms with van der Waals surface area (Å²) in [4.78, 5) is 28.9. The first-order valence-corrected chi connectivity index (χ1v) is 11.6. The van der Waals surface area contributed by atoms with Crippen LogP contribution in [0.1, 0.15) is 35.1 Å². The number of carbonyl (C=O) groups excluding carboxylic acids is 2. The lowest BCUT2D eigenvalue weighted by Gasteiger charge is -2.55. The summed E-state index contributed by atoms with van der Waals surface area (Å²) >= 11 is 8.04. The maximum absolute atomic E-state index is 13.7. The number of ether oxygens (including phenoxy) is 1. The van der Waals surface area contributed by atoms with Gasteiger partial charge >= 0.3 is 0 Å². The van der Waals surface area contributed by atoms with Gasteiger partial charge < -0.3 is 4.74 Å². The average molecular weight is 517 g/mol. The van der Waals surface area contributed by atoms with Crippen molar-refractivity contribution in [1.29, 1.82) is 0 Å². The molecule has 2 aliphatic heterocycles. The van der Waals surface area contributed by atoms with Crippen LogP contribution in [0.5, 0.6) is 0 Å². The highest BCUT2D eigenvalue weighted by molar-refractivity contribution is 9.10. The van der Waals surface area contributed by atoms with Crippen molar-refractivity contribution in [3.8, 4) is 0 Å². The Morgan fingerprint density at radius 1 is 0.862 bits per heavy atom. The molecule has 3 atom stereocenters. The largest absolute Gasteiger partial charge is 0.376 e. The van der Waals surface area contributed by atoms with Crippen LogP contribution < -0.4 is 0 Å². The Morgan fingerprint density at radius 2 is 1.31 bits per heavy atom. The number of benzene rings is 2. The van der Waals surface area contributed by atoms with Crippen LogP contribution in [0.15, 0.2) is 48.5 Å². The minimum atomic E-state index is -0.710. The van der Waals surface area contributed by atoms with Crippen molar-refractivity contribution in [3.05, 3.63) is 70.8 Å². The summed E-state index contributed by atoms with van der Waals surface area (Å²) in [5.41, 5.74) is 4.27. The van der Waals surface area contributed by atoms with Gasteiger partial charge in [0.2, 0.25) is 11.8 Å². The number of alkyl halides is 2. The summed E-state index contributed by atoms with van der Waals surface area (Å²) in [5.74, 6) is -1.17. The topological polar surface area (TPSA) is 46.6 Å². The Balaban J connectivity index is 1.58. The lowest BCUT2D eigenvalue weighted by Crippen LogP contribution is -2.56. The van der Waals surface area contributed by atoms with Crippen molar-refractivity contribution < 1.29 is 14.3 Å². The van der Waals surface area contributed by atoms with Gasteiger partial charge in [0, 0.05) is 6.61 Å². The molecule has 0 unspecified atom stereocenters. The second-order valence-electron chi connectivity index (χ2n) is 8.39. The smallest absolute Gasteiger partial charge is 0.235 e. The van der Waals surface area contributed by atoms with Crippen LogP contribution >= 0.6 is 31.9 Å². The highest BCUT2D eigenvalue weighted by Gasteiger charge is 2.72. The van der Waals surface area contributed by atoms with Crippen LogP contribution in [0.4, 0.5) is 0 Å². The molecule has 4 nitrogen and oxygen atoms in total. The fourth-order valence-electron chi connectivity index (χ4n) is 5.90. The Morgan fingerprint density at radius 3 is 1.69 bits per heavy atom. The monoisotopic (exact) mass is 515 g/mol. The molecule has 0 N–H and O–H groups in total. The Hall–Kier alpha value is -1.50. The van der Waals surface area contributed by atoms with Crippen molar-refractivity contribution in [1.82, 2.24) is 4.90 Å². The van der Waals surface area contributed by atoms with Gasteiger partial charge in [-0.05, 0) is 35.1 Å². The number of rotatable bonds is 2. The number of nitrogens with zero attached hydrogens (tertiary/aromatic N) is 1. The molecular formula is C23H19Br2NO3. The molecular weight excluding hydrogens is 498 g/mol. The second kappa shape index (κ2) is 6.02. The number of carbonyl (C=O) groups is 2. The third-order valence-corrected chi connectivity index (χ3v) is 9.78. The summed E-state index contributed by atoms with van der Waals surface area (Å²) in [6.07, 6.45) is 1.82. The van der Waals surface area contributed by atoms with Gasteiger partial charge in [-0.15, -0.1) is 0 Å². The van der Waals surface area contributed by atoms with Gasteiger partial charge in [0.15, 0.2) is 0 Å². The van der Waals surface area contributed by atoms with E-state index in [4.69, 9.17) is 4.74 Å². The molecule has 3 aliphatic carbocycles. The van der Waals surface area contributed by atoms with E-state index in [-0.39, 0.29) is 17.9 Å². The van der Waals surface area contributed by atoms with Gasteiger partial charge in [0.1, 0.15) is 0 Å². The molecule has 29 heavy (non-hydrogen) atoms. The third-order valence-electron chi connectivity index (χ3n) is 7.09. The molecule has 2 aromatic rings. The minimum absolute atomic E-state index is 0.0528. The van der Waals surface area contributed by atoms with E-state index in [0.717, 1.165) is 35.1 Å². The van der Waals surface area contributed by atoms with Crippen molar-refractivity contribution in [3.63, 3.8) is 0 Å². The average Bonchev–Trinajstić information content (AvgIpc) is 3.34. The van der Waals surface area contributed by atoms with Gasteiger partial charge in [-0.3, -0.25) is 14.5 Å². The van der Waals surface area contributed by atoms with Crippen molar-refractivity contribution in [2.45, 2.75) is 27.6 Å². The summed E-state index contributed by atoms with van der Waals surface area (Å²) < 4.78 is 4.32. The standard InChI is InChI=1S/C23H19Br2NO3/c24-22-14-7-1-2-8-15(14)23(25,17-10-4-3-9-16(17)22)19-18(22)20(27)26(21(19)28)12-13-6-5-11-29-13/h1-4,7-10,13,18-19H,5-6,11-12H2/t13-,18-,19+,22?,23?/m1/s1. The molecule has 0 spiro atoms. The predicted molar refractivity (Wildman–Crippen MR) is 115 cm³/mol. The van der Waals surface area contributed by atoms with Crippen LogP contribution in [-0.2, 0) is 23.0 Å². The van der Waals surface area contributed by atoms with Crippen LogP contribution in [0.2, 0.25) is 0 Å². The maximum Gasteiger partial charge on any atom is 0.235 e. The number of halogens is 2. The van der Waals surface area contributed by atoms with E-state index in [2.05, 4.69) is 56.1 Å². The van der Waals surface area contributed by atoms with E-state index in [0.29, 0.717) is 13.2 Å². The van der Waals surface area contributed by atoms with Crippen molar-refractivity contribution in [2.75, 3.05) is 13.2 Å². The zero-order valence-corrected chi connectivity index (χ0v) is 18.8. The SMILES string of the molecule is O=C1[C@@H]2[C@H](C(=O)N1C[C@H]1CCCO1)C1(Br)c3ccccc3C2(Br)c2ccccc21. The number of hydrogen-bond acceptors (Lipinski definition) is 3. The molecule has 2 amide bonds. The van der Waals surface area contributed by atoms with E-state index in [9.17, 15) is 9.59 Å². The molecule has 2 heterocycles. The number of amides is 2. The van der Waals surface area contributed by atoms with E-state index >= 15 is 0 Å². The van der Waals surface area contributed by atoms with Gasteiger partial charge in [-0.1, -0.05) is 80.4 Å². The van der Waals surface area contributed by atoms with Crippen LogP contribution in [0, 0.1) is 11.8 Å². The van der Waals surface area contributed by atoms with Gasteiger partial charge in [0.25, 0.3) is 0 Å². The first-order chi connectivity index (χ1) is 14.0. The summed E-state index contributed by atoms with van der Waals surface area (Å²) in [6.45, 7) is 1.05. The number of likely N-dealkylation sites (tertiary alicyclic amines) is 1. The lowest BCUT2D eigenvalue weighted by atomic mass is 9.54. The molecule has 2 fully saturated rings. The molecule has 0 aromatic heterocycles. The van der Waals surface area contributed by atoms with E-state index < -0.39 is 20.5 Å². The summed E-state index contributed by atoms with van der Waals surface area (Å²) in [6, 6.07) is 16.3. The predicted octanol–water partition coefficient (Wildman–Crippen LogP) is 4.07. The summed E-state index contributed by atoms with van der Waals surface area (Å²) in [5, 5.41) is 0. The lowest BCUT2D eigenvalue weighted by molar-refractivity contribution is -0.141. The van der Waals surface area contributed by atoms with E-state index in [1.54, 1.807) is 0 Å². The number of imide groups is 1. The van der Waals surface area contributed by atoms with E-state index in [1.807, 2.05) is 24.3 Å².